The van der Waals surface area contributed by atoms with Gasteiger partial charge in [-0.25, -0.2) is 0 Å². The number of benzene rings is 2. The summed E-state index contributed by atoms with van der Waals surface area (Å²) >= 11 is 0. The predicted molar refractivity (Wildman–Crippen MR) is 69.5 cm³/mol. The van der Waals surface area contributed by atoms with Gasteiger partial charge < -0.3 is 0 Å². The quantitative estimate of drug-likeness (QED) is 0.677. The molecule has 80 valence electrons. The first-order valence-electron chi connectivity index (χ1n) is 5.57. The first-order valence-corrected chi connectivity index (χ1v) is 5.57. The zero-order valence-corrected chi connectivity index (χ0v) is 9.43. The number of aliphatic imine (C=N–C) groups is 1. The standard InChI is InChI=1S/C15H15N/c1-2-13-8-6-7-9-14(13)12-16-15-10-4-3-5-11-15/h3-12H,2H2,1H3/b16-12+. The monoisotopic (exact) mass is 209 g/mol. The zero-order chi connectivity index (χ0) is 11.2. The van der Waals surface area contributed by atoms with E-state index in [0.29, 0.717) is 0 Å². The minimum absolute atomic E-state index is 0.994. The van der Waals surface area contributed by atoms with Crippen LogP contribution in [0.25, 0.3) is 0 Å². The summed E-state index contributed by atoms with van der Waals surface area (Å²) in [6.07, 6.45) is 2.98. The summed E-state index contributed by atoms with van der Waals surface area (Å²) in [5.41, 5.74) is 3.53. The molecule has 1 nitrogen and oxygen atoms in total. The van der Waals surface area contributed by atoms with Crippen LogP contribution in [0.3, 0.4) is 0 Å². The van der Waals surface area contributed by atoms with Gasteiger partial charge in [0.1, 0.15) is 0 Å². The summed E-state index contributed by atoms with van der Waals surface area (Å²) in [5.74, 6) is 0. The van der Waals surface area contributed by atoms with Crippen molar-refractivity contribution < 1.29 is 0 Å². The second-order valence-corrected chi connectivity index (χ2v) is 3.65. The van der Waals surface area contributed by atoms with E-state index in [1.807, 2.05) is 42.6 Å². The van der Waals surface area contributed by atoms with Gasteiger partial charge in [-0.2, -0.15) is 0 Å². The lowest BCUT2D eigenvalue weighted by molar-refractivity contribution is 1.13. The maximum atomic E-state index is 4.46. The van der Waals surface area contributed by atoms with Crippen LogP contribution in [-0.4, -0.2) is 6.21 Å². The highest BCUT2D eigenvalue weighted by atomic mass is 14.7. The van der Waals surface area contributed by atoms with E-state index >= 15 is 0 Å². The van der Waals surface area contributed by atoms with Gasteiger partial charge in [0, 0.05) is 6.21 Å². The summed E-state index contributed by atoms with van der Waals surface area (Å²) in [6.45, 7) is 2.16. The average molecular weight is 209 g/mol. The van der Waals surface area contributed by atoms with Crippen LogP contribution in [0.4, 0.5) is 5.69 Å². The maximum absolute atomic E-state index is 4.46. The number of hydrogen-bond acceptors (Lipinski definition) is 1. The molecule has 2 rings (SSSR count). The second kappa shape index (κ2) is 5.26. The highest BCUT2D eigenvalue weighted by Gasteiger charge is 1.95. The van der Waals surface area contributed by atoms with Crippen LogP contribution in [0.2, 0.25) is 0 Å². The van der Waals surface area contributed by atoms with Gasteiger partial charge >= 0.3 is 0 Å². The fourth-order valence-corrected chi connectivity index (χ4v) is 1.64. The van der Waals surface area contributed by atoms with Crippen molar-refractivity contribution >= 4 is 11.9 Å². The number of rotatable bonds is 3. The molecule has 0 aromatic heterocycles. The molecule has 0 spiro atoms. The Morgan fingerprint density at radius 1 is 0.938 bits per heavy atom. The molecule has 0 atom stereocenters. The van der Waals surface area contributed by atoms with E-state index in [1.54, 1.807) is 0 Å². The van der Waals surface area contributed by atoms with Gasteiger partial charge in [0.2, 0.25) is 0 Å². The largest absolute Gasteiger partial charge is 0.256 e. The van der Waals surface area contributed by atoms with Crippen LogP contribution >= 0.6 is 0 Å². The van der Waals surface area contributed by atoms with Crippen molar-refractivity contribution in [1.82, 2.24) is 0 Å². The molecule has 0 heterocycles. The summed E-state index contributed by atoms with van der Waals surface area (Å²) < 4.78 is 0. The molecule has 0 aliphatic carbocycles. The minimum Gasteiger partial charge on any atom is -0.256 e. The number of aryl methyl sites for hydroxylation is 1. The van der Waals surface area contributed by atoms with E-state index in [1.165, 1.54) is 11.1 Å². The SMILES string of the molecule is CCc1ccccc1/C=N/c1ccccc1. The number of para-hydroxylation sites is 1. The van der Waals surface area contributed by atoms with Gasteiger partial charge in [0.15, 0.2) is 0 Å². The van der Waals surface area contributed by atoms with Crippen LogP contribution in [-0.2, 0) is 6.42 Å². The molecule has 0 saturated carbocycles. The first-order chi connectivity index (χ1) is 7.90. The van der Waals surface area contributed by atoms with Crippen LogP contribution < -0.4 is 0 Å². The summed E-state index contributed by atoms with van der Waals surface area (Å²) in [4.78, 5) is 4.46. The van der Waals surface area contributed by atoms with Gasteiger partial charge in [0.25, 0.3) is 0 Å². The Balaban J connectivity index is 2.24. The van der Waals surface area contributed by atoms with Crippen molar-refractivity contribution in [3.8, 4) is 0 Å². The van der Waals surface area contributed by atoms with Gasteiger partial charge in [-0.1, -0.05) is 49.4 Å². The molecule has 0 fully saturated rings. The lowest BCUT2D eigenvalue weighted by Gasteiger charge is -2.01. The third-order valence-electron chi connectivity index (χ3n) is 2.54. The Morgan fingerprint density at radius 2 is 1.62 bits per heavy atom. The van der Waals surface area contributed by atoms with E-state index < -0.39 is 0 Å². The van der Waals surface area contributed by atoms with E-state index in [-0.39, 0.29) is 0 Å². The molecule has 0 aliphatic rings. The smallest absolute Gasteiger partial charge is 0.0629 e. The highest BCUT2D eigenvalue weighted by molar-refractivity contribution is 5.83. The fourth-order valence-electron chi connectivity index (χ4n) is 1.64. The Hall–Kier alpha value is -1.89. The van der Waals surface area contributed by atoms with Crippen LogP contribution in [0.1, 0.15) is 18.1 Å². The van der Waals surface area contributed by atoms with Crippen molar-refractivity contribution in [3.63, 3.8) is 0 Å². The van der Waals surface area contributed by atoms with E-state index in [4.69, 9.17) is 0 Å². The van der Waals surface area contributed by atoms with Gasteiger partial charge in [-0.3, -0.25) is 4.99 Å². The molecule has 0 radical (unpaired) electrons. The molecular weight excluding hydrogens is 194 g/mol. The Bertz CT molecular complexity index is 472. The number of hydrogen-bond donors (Lipinski definition) is 0. The predicted octanol–water partition coefficient (Wildman–Crippen LogP) is 4.00. The molecule has 16 heavy (non-hydrogen) atoms. The zero-order valence-electron chi connectivity index (χ0n) is 9.43. The first kappa shape index (κ1) is 10.6. The van der Waals surface area contributed by atoms with Gasteiger partial charge in [-0.15, -0.1) is 0 Å². The molecule has 2 aromatic carbocycles. The van der Waals surface area contributed by atoms with Gasteiger partial charge in [0.05, 0.1) is 5.69 Å². The fraction of sp³-hybridized carbons (Fsp3) is 0.133. The van der Waals surface area contributed by atoms with Crippen LogP contribution in [0, 0.1) is 0 Å². The number of nitrogens with zero attached hydrogens (tertiary/aromatic N) is 1. The Morgan fingerprint density at radius 3 is 2.38 bits per heavy atom. The minimum atomic E-state index is 0.994. The highest BCUT2D eigenvalue weighted by Crippen LogP contribution is 2.12. The van der Waals surface area contributed by atoms with Crippen molar-refractivity contribution in [3.05, 3.63) is 65.7 Å². The third-order valence-corrected chi connectivity index (χ3v) is 2.54. The molecule has 0 amide bonds. The summed E-state index contributed by atoms with van der Waals surface area (Å²) in [7, 11) is 0. The van der Waals surface area contributed by atoms with Crippen molar-refractivity contribution in [2.24, 2.45) is 4.99 Å². The average Bonchev–Trinajstić information content (AvgIpc) is 2.38. The lowest BCUT2D eigenvalue weighted by Crippen LogP contribution is -1.89. The maximum Gasteiger partial charge on any atom is 0.0629 e. The molecule has 2 aromatic rings. The van der Waals surface area contributed by atoms with Crippen molar-refractivity contribution in [2.45, 2.75) is 13.3 Å². The lowest BCUT2D eigenvalue weighted by atomic mass is 10.1. The molecular formula is C15H15N. The van der Waals surface area contributed by atoms with E-state index in [9.17, 15) is 0 Å². The van der Waals surface area contributed by atoms with Crippen molar-refractivity contribution in [2.75, 3.05) is 0 Å². The van der Waals surface area contributed by atoms with Crippen molar-refractivity contribution in [1.29, 1.82) is 0 Å². The summed E-state index contributed by atoms with van der Waals surface area (Å²) in [5, 5.41) is 0. The summed E-state index contributed by atoms with van der Waals surface area (Å²) in [6, 6.07) is 18.4. The molecule has 0 bridgehead atoms. The molecule has 0 saturated heterocycles. The molecule has 1 heteroatoms. The van der Waals surface area contributed by atoms with Crippen LogP contribution in [0.15, 0.2) is 59.6 Å². The third kappa shape index (κ3) is 2.57. The molecule has 0 unspecified atom stereocenters. The normalized spacial score (nSPS) is 10.8. The Kier molecular flexibility index (Phi) is 3.50. The van der Waals surface area contributed by atoms with Crippen LogP contribution in [0.5, 0.6) is 0 Å². The topological polar surface area (TPSA) is 12.4 Å². The molecule has 0 N–H and O–H groups in total. The molecule has 0 aliphatic heterocycles. The second-order valence-electron chi connectivity index (χ2n) is 3.65. The Labute approximate surface area is 96.5 Å². The van der Waals surface area contributed by atoms with Gasteiger partial charge in [-0.05, 0) is 29.7 Å². The van der Waals surface area contributed by atoms with E-state index in [0.717, 1.165) is 12.1 Å². The van der Waals surface area contributed by atoms with E-state index in [2.05, 4.69) is 30.1 Å².